The molecule has 0 aliphatic carbocycles. The summed E-state index contributed by atoms with van der Waals surface area (Å²) in [5.41, 5.74) is 1.45. The number of aryl methyl sites for hydroxylation is 1. The summed E-state index contributed by atoms with van der Waals surface area (Å²) in [6.07, 6.45) is 0. The summed E-state index contributed by atoms with van der Waals surface area (Å²) in [5, 5.41) is 0.976. The Morgan fingerprint density at radius 2 is 1.89 bits per heavy atom. The molecule has 2 aromatic carbocycles. The Labute approximate surface area is 177 Å². The summed E-state index contributed by atoms with van der Waals surface area (Å²) < 4.78 is 28.2. The molecule has 1 amide bonds. The zero-order valence-corrected chi connectivity index (χ0v) is 17.9. The topological polar surface area (TPSA) is 36.4 Å². The number of carbonyl (C=O) groups excluding carboxylic acids is 1. The molecule has 0 saturated heterocycles. The van der Waals surface area contributed by atoms with E-state index in [1.165, 1.54) is 16.2 Å². The van der Waals surface area contributed by atoms with Gasteiger partial charge in [0, 0.05) is 19.2 Å². The zero-order chi connectivity index (χ0) is 19.7. The van der Waals surface area contributed by atoms with Crippen LogP contribution in [0.1, 0.15) is 15.9 Å². The van der Waals surface area contributed by atoms with E-state index in [0.717, 1.165) is 22.4 Å². The van der Waals surface area contributed by atoms with Gasteiger partial charge in [-0.1, -0.05) is 29.0 Å². The molecule has 0 fully saturated rings. The van der Waals surface area contributed by atoms with Crippen LogP contribution in [-0.4, -0.2) is 43.0 Å². The van der Waals surface area contributed by atoms with Crippen LogP contribution in [0.25, 0.3) is 10.2 Å². The highest BCUT2D eigenvalue weighted by Gasteiger charge is 2.25. The van der Waals surface area contributed by atoms with E-state index in [-0.39, 0.29) is 18.0 Å². The van der Waals surface area contributed by atoms with E-state index in [0.29, 0.717) is 34.8 Å². The number of nitrogens with zero attached hydrogens (tertiary/aromatic N) is 3. The summed E-state index contributed by atoms with van der Waals surface area (Å²) in [5.74, 6) is -2.20. The van der Waals surface area contributed by atoms with Crippen molar-refractivity contribution in [2.45, 2.75) is 6.92 Å². The molecule has 0 N–H and O–H groups in total. The molecule has 0 aliphatic rings. The number of carbonyl (C=O) groups is 1. The average Bonchev–Trinajstić information content (AvgIpc) is 3.04. The molecule has 28 heavy (non-hydrogen) atoms. The average molecular weight is 446 g/mol. The number of likely N-dealkylation sites (N-methyl/N-ethyl adjacent to an activating group) is 1. The van der Waals surface area contributed by atoms with Crippen LogP contribution >= 0.6 is 35.3 Å². The van der Waals surface area contributed by atoms with Crippen LogP contribution in [-0.2, 0) is 0 Å². The molecule has 3 rings (SSSR count). The molecule has 1 aromatic heterocycles. The number of rotatable bonds is 5. The molecule has 9 heteroatoms. The van der Waals surface area contributed by atoms with Crippen molar-refractivity contribution in [3.8, 4) is 0 Å². The number of aromatic nitrogens is 1. The minimum atomic E-state index is -0.898. The summed E-state index contributed by atoms with van der Waals surface area (Å²) in [6.45, 7) is 2.77. The van der Waals surface area contributed by atoms with Crippen molar-refractivity contribution in [2.75, 3.05) is 32.1 Å². The number of anilines is 1. The highest BCUT2D eigenvalue weighted by atomic mass is 35.5. The van der Waals surface area contributed by atoms with Gasteiger partial charge in [0.25, 0.3) is 5.91 Å². The molecule has 150 valence electrons. The van der Waals surface area contributed by atoms with Gasteiger partial charge in [-0.3, -0.25) is 9.69 Å². The van der Waals surface area contributed by atoms with E-state index in [2.05, 4.69) is 4.98 Å². The second-order valence-corrected chi connectivity index (χ2v) is 7.81. The number of fused-ring (bicyclic) bond motifs is 1. The summed E-state index contributed by atoms with van der Waals surface area (Å²) >= 11 is 7.55. The van der Waals surface area contributed by atoms with Crippen molar-refractivity contribution in [1.29, 1.82) is 0 Å². The van der Waals surface area contributed by atoms with Crippen molar-refractivity contribution < 1.29 is 13.6 Å². The van der Waals surface area contributed by atoms with E-state index in [1.807, 2.05) is 32.0 Å². The Hall–Kier alpha value is -1.80. The fourth-order valence-electron chi connectivity index (χ4n) is 2.60. The minimum Gasteiger partial charge on any atom is -0.308 e. The monoisotopic (exact) mass is 445 g/mol. The van der Waals surface area contributed by atoms with Gasteiger partial charge in [-0.25, -0.2) is 13.8 Å². The maximum Gasteiger partial charge on any atom is 0.263 e. The standard InChI is InChI=1S/C19H18ClF2N3OS.ClH/c1-11-4-7-14(20)17-16(11)23-19(27-17)25(9-8-24(2)3)18(26)13-6-5-12(21)10-15(13)22;/h4-7,10H,8-9H2,1-3H3;1H. The van der Waals surface area contributed by atoms with Gasteiger partial charge in [0.15, 0.2) is 5.13 Å². The molecule has 0 radical (unpaired) electrons. The largest absolute Gasteiger partial charge is 0.308 e. The number of thiazole rings is 1. The first-order chi connectivity index (χ1) is 12.8. The van der Waals surface area contributed by atoms with Gasteiger partial charge in [0.05, 0.1) is 20.8 Å². The summed E-state index contributed by atoms with van der Waals surface area (Å²) in [4.78, 5) is 20.9. The molecule has 0 spiro atoms. The minimum absolute atomic E-state index is 0. The molecular formula is C19H19Cl2F2N3OS. The van der Waals surface area contributed by atoms with Gasteiger partial charge in [-0.05, 0) is 44.8 Å². The van der Waals surface area contributed by atoms with Crippen molar-refractivity contribution in [1.82, 2.24) is 9.88 Å². The molecule has 1 heterocycles. The maximum absolute atomic E-state index is 14.2. The number of hydrogen-bond acceptors (Lipinski definition) is 4. The first-order valence-electron chi connectivity index (χ1n) is 8.25. The lowest BCUT2D eigenvalue weighted by atomic mass is 10.2. The van der Waals surface area contributed by atoms with Crippen LogP contribution in [0.3, 0.4) is 0 Å². The van der Waals surface area contributed by atoms with Gasteiger partial charge in [0.2, 0.25) is 0 Å². The lowest BCUT2D eigenvalue weighted by Gasteiger charge is -2.22. The van der Waals surface area contributed by atoms with Crippen molar-refractivity contribution in [2.24, 2.45) is 0 Å². The van der Waals surface area contributed by atoms with Gasteiger partial charge in [0.1, 0.15) is 11.6 Å². The highest BCUT2D eigenvalue weighted by Crippen LogP contribution is 2.36. The number of hydrogen-bond donors (Lipinski definition) is 0. The Bertz CT molecular complexity index is 971. The van der Waals surface area contributed by atoms with Gasteiger partial charge < -0.3 is 4.90 Å². The third-order valence-corrected chi connectivity index (χ3v) is 5.63. The third-order valence-electron chi connectivity index (χ3n) is 4.09. The van der Waals surface area contributed by atoms with E-state index in [4.69, 9.17) is 11.6 Å². The molecule has 4 nitrogen and oxygen atoms in total. The maximum atomic E-state index is 14.2. The molecule has 0 saturated carbocycles. The third kappa shape index (κ3) is 4.60. The number of halogens is 4. The second-order valence-electron chi connectivity index (χ2n) is 6.42. The molecular weight excluding hydrogens is 427 g/mol. The lowest BCUT2D eigenvalue weighted by molar-refractivity contribution is 0.0981. The van der Waals surface area contributed by atoms with Crippen LogP contribution in [0, 0.1) is 18.6 Å². The van der Waals surface area contributed by atoms with Gasteiger partial charge >= 0.3 is 0 Å². The highest BCUT2D eigenvalue weighted by molar-refractivity contribution is 7.23. The Balaban J connectivity index is 0.00000280. The van der Waals surface area contributed by atoms with E-state index < -0.39 is 17.5 Å². The Kier molecular flexibility index (Phi) is 7.33. The van der Waals surface area contributed by atoms with E-state index >= 15 is 0 Å². The fraction of sp³-hybridized carbons (Fsp3) is 0.263. The predicted molar refractivity (Wildman–Crippen MR) is 113 cm³/mol. The molecule has 3 aromatic rings. The SMILES string of the molecule is Cc1ccc(Cl)c2sc(N(CCN(C)C)C(=O)c3ccc(F)cc3F)nc12.Cl. The first kappa shape index (κ1) is 22.5. The van der Waals surface area contributed by atoms with Crippen molar-refractivity contribution in [3.63, 3.8) is 0 Å². The fourth-order valence-corrected chi connectivity index (χ4v) is 3.94. The number of amides is 1. The van der Waals surface area contributed by atoms with Gasteiger partial charge in [-0.15, -0.1) is 12.4 Å². The number of benzene rings is 2. The van der Waals surface area contributed by atoms with Crippen LogP contribution in [0.4, 0.5) is 13.9 Å². The first-order valence-corrected chi connectivity index (χ1v) is 9.44. The molecule has 0 aliphatic heterocycles. The lowest BCUT2D eigenvalue weighted by Crippen LogP contribution is -2.37. The van der Waals surface area contributed by atoms with E-state index in [1.54, 1.807) is 6.07 Å². The van der Waals surface area contributed by atoms with Crippen LogP contribution in [0.5, 0.6) is 0 Å². The zero-order valence-electron chi connectivity index (χ0n) is 15.5. The molecule has 0 atom stereocenters. The summed E-state index contributed by atoms with van der Waals surface area (Å²) in [6, 6.07) is 6.57. The quantitative estimate of drug-likeness (QED) is 0.543. The summed E-state index contributed by atoms with van der Waals surface area (Å²) in [7, 11) is 3.75. The molecule has 0 bridgehead atoms. The second kappa shape index (κ2) is 9.13. The van der Waals surface area contributed by atoms with Crippen LogP contribution in [0.2, 0.25) is 5.02 Å². The van der Waals surface area contributed by atoms with Gasteiger partial charge in [-0.2, -0.15) is 0 Å². The normalized spacial score (nSPS) is 11.0. The van der Waals surface area contributed by atoms with Crippen molar-refractivity contribution >= 4 is 56.6 Å². The van der Waals surface area contributed by atoms with E-state index in [9.17, 15) is 13.6 Å². The predicted octanol–water partition coefficient (Wildman–Crippen LogP) is 5.17. The molecule has 0 unspecified atom stereocenters. The van der Waals surface area contributed by atoms with Crippen molar-refractivity contribution in [3.05, 3.63) is 58.1 Å². The smallest absolute Gasteiger partial charge is 0.263 e. The Morgan fingerprint density at radius 3 is 2.50 bits per heavy atom. The Morgan fingerprint density at radius 1 is 1.18 bits per heavy atom. The van der Waals surface area contributed by atoms with Crippen LogP contribution < -0.4 is 4.90 Å². The van der Waals surface area contributed by atoms with Crippen LogP contribution in [0.15, 0.2) is 30.3 Å².